The van der Waals surface area contributed by atoms with Gasteiger partial charge in [0.05, 0.1) is 23.9 Å². The maximum Gasteiger partial charge on any atom is 0.182 e. The molecule has 2 aromatic carbocycles. The first kappa shape index (κ1) is 19.6. The van der Waals surface area contributed by atoms with Crippen molar-refractivity contribution in [3.05, 3.63) is 65.7 Å². The standard InChI is InChI=1S/C22H27NO4S/c24-17-22-10-11-27-14-20(22)13-23(16-22)12-18-6-4-5-7-19(18)15-28(25,26)21-8-2-1-3-9-21/h1-9,20,24H,10-17H2/t20-,22-/m1/s1. The lowest BCUT2D eigenvalue weighted by atomic mass is 9.75. The van der Waals surface area contributed by atoms with Gasteiger partial charge in [0.25, 0.3) is 0 Å². The van der Waals surface area contributed by atoms with Crippen molar-refractivity contribution in [1.82, 2.24) is 4.90 Å². The molecule has 0 aliphatic carbocycles. The Morgan fingerprint density at radius 2 is 1.79 bits per heavy atom. The van der Waals surface area contributed by atoms with Gasteiger partial charge in [0, 0.05) is 37.6 Å². The number of sulfone groups is 1. The van der Waals surface area contributed by atoms with Gasteiger partial charge >= 0.3 is 0 Å². The Kier molecular flexibility index (Phi) is 5.56. The molecule has 2 saturated heterocycles. The minimum absolute atomic E-state index is 0.00128. The highest BCUT2D eigenvalue weighted by atomic mass is 32.2. The number of aliphatic hydroxyl groups excluding tert-OH is 1. The predicted molar refractivity (Wildman–Crippen MR) is 107 cm³/mol. The molecule has 6 heteroatoms. The van der Waals surface area contributed by atoms with E-state index in [0.717, 1.165) is 30.6 Å². The summed E-state index contributed by atoms with van der Waals surface area (Å²) in [7, 11) is -3.39. The molecule has 0 unspecified atom stereocenters. The summed E-state index contributed by atoms with van der Waals surface area (Å²) in [6.45, 7) is 3.98. The van der Waals surface area contributed by atoms with Gasteiger partial charge in [-0.3, -0.25) is 4.90 Å². The maximum atomic E-state index is 12.8. The van der Waals surface area contributed by atoms with E-state index in [9.17, 15) is 13.5 Å². The van der Waals surface area contributed by atoms with Crippen molar-refractivity contribution in [1.29, 1.82) is 0 Å². The van der Waals surface area contributed by atoms with Gasteiger partial charge in [-0.15, -0.1) is 0 Å². The number of hydrogen-bond acceptors (Lipinski definition) is 5. The van der Waals surface area contributed by atoms with Gasteiger partial charge in [0.2, 0.25) is 0 Å². The van der Waals surface area contributed by atoms with Gasteiger partial charge in [-0.25, -0.2) is 8.42 Å². The molecule has 2 fully saturated rings. The van der Waals surface area contributed by atoms with Crippen LogP contribution in [0.5, 0.6) is 0 Å². The molecule has 0 bridgehead atoms. The Morgan fingerprint density at radius 1 is 1.07 bits per heavy atom. The molecule has 2 aliphatic heterocycles. The molecule has 2 atom stereocenters. The summed E-state index contributed by atoms with van der Waals surface area (Å²) < 4.78 is 31.3. The first-order chi connectivity index (χ1) is 13.5. The van der Waals surface area contributed by atoms with Crippen molar-refractivity contribution in [2.24, 2.45) is 11.3 Å². The molecule has 0 radical (unpaired) electrons. The van der Waals surface area contributed by atoms with Gasteiger partial charge < -0.3 is 9.84 Å². The van der Waals surface area contributed by atoms with Crippen LogP contribution in [0.4, 0.5) is 0 Å². The van der Waals surface area contributed by atoms with Crippen molar-refractivity contribution >= 4 is 9.84 Å². The van der Waals surface area contributed by atoms with E-state index in [1.807, 2.05) is 30.3 Å². The molecule has 5 nitrogen and oxygen atoms in total. The quantitative estimate of drug-likeness (QED) is 0.806. The van der Waals surface area contributed by atoms with E-state index < -0.39 is 9.84 Å². The Balaban J connectivity index is 1.53. The lowest BCUT2D eigenvalue weighted by Crippen LogP contribution is -2.41. The predicted octanol–water partition coefficient (Wildman–Crippen LogP) is 2.49. The fourth-order valence-electron chi connectivity index (χ4n) is 4.55. The minimum Gasteiger partial charge on any atom is -0.396 e. The third-order valence-corrected chi connectivity index (χ3v) is 7.90. The van der Waals surface area contributed by atoms with E-state index in [4.69, 9.17) is 4.74 Å². The number of benzene rings is 2. The summed E-state index contributed by atoms with van der Waals surface area (Å²) in [5.74, 6) is 0.338. The fraction of sp³-hybridized carbons (Fsp3) is 0.455. The number of rotatable bonds is 6. The Bertz CT molecular complexity index is 915. The average molecular weight is 402 g/mol. The highest BCUT2D eigenvalue weighted by molar-refractivity contribution is 7.90. The third-order valence-electron chi connectivity index (χ3n) is 6.22. The summed E-state index contributed by atoms with van der Waals surface area (Å²) in [5, 5.41) is 10.0. The molecule has 4 rings (SSSR count). The number of nitrogens with zero attached hydrogens (tertiary/aromatic N) is 1. The van der Waals surface area contributed by atoms with Crippen LogP contribution in [0.1, 0.15) is 17.5 Å². The summed E-state index contributed by atoms with van der Waals surface area (Å²) in [5.41, 5.74) is 1.80. The third kappa shape index (κ3) is 3.87. The molecule has 2 heterocycles. The van der Waals surface area contributed by atoms with E-state index in [2.05, 4.69) is 4.90 Å². The van der Waals surface area contributed by atoms with Gasteiger partial charge in [-0.2, -0.15) is 0 Å². The lowest BCUT2D eigenvalue weighted by molar-refractivity contribution is -0.0417. The smallest absolute Gasteiger partial charge is 0.182 e. The van der Waals surface area contributed by atoms with Gasteiger partial charge in [0.1, 0.15) is 0 Å². The van der Waals surface area contributed by atoms with Crippen LogP contribution in [0.15, 0.2) is 59.5 Å². The number of aliphatic hydroxyl groups is 1. The molecule has 0 spiro atoms. The van der Waals surface area contributed by atoms with E-state index >= 15 is 0 Å². The van der Waals surface area contributed by atoms with Crippen LogP contribution in [0, 0.1) is 11.3 Å². The number of fused-ring (bicyclic) bond motifs is 1. The van der Waals surface area contributed by atoms with E-state index in [-0.39, 0.29) is 17.8 Å². The molecule has 2 aromatic rings. The first-order valence-corrected chi connectivity index (χ1v) is 11.4. The molecule has 2 aliphatic rings. The zero-order valence-corrected chi connectivity index (χ0v) is 16.8. The van der Waals surface area contributed by atoms with E-state index in [0.29, 0.717) is 30.6 Å². The SMILES string of the molecule is O=S(=O)(Cc1ccccc1CN1C[C@@H]2COCC[C@]2(CO)C1)c1ccccc1. The van der Waals surface area contributed by atoms with E-state index in [1.54, 1.807) is 24.3 Å². The molecule has 1 N–H and O–H groups in total. The maximum absolute atomic E-state index is 12.8. The Hall–Kier alpha value is -1.73. The summed E-state index contributed by atoms with van der Waals surface area (Å²) in [6, 6.07) is 16.4. The Morgan fingerprint density at radius 3 is 2.50 bits per heavy atom. The molecule has 0 saturated carbocycles. The second-order valence-corrected chi connectivity index (χ2v) is 10.0. The topological polar surface area (TPSA) is 66.8 Å². The largest absolute Gasteiger partial charge is 0.396 e. The summed E-state index contributed by atoms with van der Waals surface area (Å²) in [4.78, 5) is 2.69. The molecule has 28 heavy (non-hydrogen) atoms. The van der Waals surface area contributed by atoms with E-state index in [1.165, 1.54) is 0 Å². The number of hydrogen-bond donors (Lipinski definition) is 1. The molecular formula is C22H27NO4S. The van der Waals surface area contributed by atoms with Crippen molar-refractivity contribution in [3.63, 3.8) is 0 Å². The Labute approximate surface area is 166 Å². The van der Waals surface area contributed by atoms with Crippen LogP contribution in [0.3, 0.4) is 0 Å². The van der Waals surface area contributed by atoms with Gasteiger partial charge in [-0.05, 0) is 29.7 Å². The normalized spacial score (nSPS) is 25.5. The second kappa shape index (κ2) is 7.95. The van der Waals surface area contributed by atoms with Crippen LogP contribution >= 0.6 is 0 Å². The zero-order chi connectivity index (χ0) is 19.6. The van der Waals surface area contributed by atoms with Crippen molar-refractivity contribution in [3.8, 4) is 0 Å². The second-order valence-electron chi connectivity index (χ2n) is 8.05. The average Bonchev–Trinajstić information content (AvgIpc) is 3.08. The minimum atomic E-state index is -3.39. The number of ether oxygens (including phenoxy) is 1. The van der Waals surface area contributed by atoms with Crippen LogP contribution < -0.4 is 0 Å². The zero-order valence-electron chi connectivity index (χ0n) is 16.0. The summed E-state index contributed by atoms with van der Waals surface area (Å²) in [6.07, 6.45) is 0.884. The monoisotopic (exact) mass is 401 g/mol. The fourth-order valence-corrected chi connectivity index (χ4v) is 5.98. The van der Waals surface area contributed by atoms with Crippen LogP contribution in [-0.4, -0.2) is 51.3 Å². The van der Waals surface area contributed by atoms with Crippen LogP contribution in [0.2, 0.25) is 0 Å². The molecular weight excluding hydrogens is 374 g/mol. The van der Waals surface area contributed by atoms with Crippen LogP contribution in [-0.2, 0) is 26.9 Å². The molecule has 0 amide bonds. The van der Waals surface area contributed by atoms with Gasteiger partial charge in [0.15, 0.2) is 9.84 Å². The van der Waals surface area contributed by atoms with Crippen molar-refractivity contribution in [2.75, 3.05) is 32.9 Å². The van der Waals surface area contributed by atoms with Gasteiger partial charge in [-0.1, -0.05) is 42.5 Å². The molecule has 0 aromatic heterocycles. The summed E-state index contributed by atoms with van der Waals surface area (Å²) >= 11 is 0. The number of likely N-dealkylation sites (tertiary alicyclic amines) is 1. The highest BCUT2D eigenvalue weighted by Gasteiger charge is 2.47. The van der Waals surface area contributed by atoms with Crippen molar-refractivity contribution < 1.29 is 18.3 Å². The first-order valence-electron chi connectivity index (χ1n) is 9.78. The molecule has 150 valence electrons. The van der Waals surface area contributed by atoms with Crippen LogP contribution in [0.25, 0.3) is 0 Å². The van der Waals surface area contributed by atoms with Crippen molar-refractivity contribution in [2.45, 2.75) is 23.6 Å². The lowest BCUT2D eigenvalue weighted by Gasteiger charge is -2.36. The highest BCUT2D eigenvalue weighted by Crippen LogP contribution is 2.42.